The summed E-state index contributed by atoms with van der Waals surface area (Å²) in [6.45, 7) is 5.69. The highest BCUT2D eigenvalue weighted by Crippen LogP contribution is 2.30. The van der Waals surface area contributed by atoms with Gasteiger partial charge >= 0.3 is 0 Å². The molecule has 108 valence electrons. The van der Waals surface area contributed by atoms with E-state index in [1.165, 1.54) is 18.2 Å². The van der Waals surface area contributed by atoms with Gasteiger partial charge in [-0.05, 0) is 30.4 Å². The molecule has 20 heavy (non-hydrogen) atoms. The van der Waals surface area contributed by atoms with Gasteiger partial charge in [0.2, 0.25) is 0 Å². The Morgan fingerprint density at radius 2 is 2.15 bits per heavy atom. The molecule has 0 radical (unpaired) electrons. The fourth-order valence-corrected chi connectivity index (χ4v) is 2.63. The molecular formula is C14H19N3O3. The highest BCUT2D eigenvalue weighted by Gasteiger charge is 2.30. The maximum absolute atomic E-state index is 12.4. The predicted octanol–water partition coefficient (Wildman–Crippen LogP) is 2.44. The quantitative estimate of drug-likeness (QED) is 0.510. The molecule has 1 aromatic carbocycles. The molecule has 1 saturated heterocycles. The van der Waals surface area contributed by atoms with E-state index in [4.69, 9.17) is 5.73 Å². The highest BCUT2D eigenvalue weighted by molar-refractivity contribution is 5.95. The first kappa shape index (κ1) is 14.3. The van der Waals surface area contributed by atoms with Crippen LogP contribution in [0.3, 0.4) is 0 Å². The van der Waals surface area contributed by atoms with Gasteiger partial charge in [-0.25, -0.2) is 0 Å². The lowest BCUT2D eigenvalue weighted by Crippen LogP contribution is -2.43. The van der Waals surface area contributed by atoms with Gasteiger partial charge in [-0.15, -0.1) is 0 Å². The van der Waals surface area contributed by atoms with E-state index in [1.54, 1.807) is 4.90 Å². The lowest BCUT2D eigenvalue weighted by atomic mass is 9.84. The molecule has 6 nitrogen and oxygen atoms in total. The SMILES string of the molecule is CC1(C)CCCN(C(=O)c2ccc([N+](=O)[O-])c(N)c2)C1. The van der Waals surface area contributed by atoms with Crippen molar-refractivity contribution in [3.05, 3.63) is 33.9 Å². The van der Waals surface area contributed by atoms with Gasteiger partial charge < -0.3 is 10.6 Å². The molecular weight excluding hydrogens is 258 g/mol. The van der Waals surface area contributed by atoms with Crippen LogP contribution in [0, 0.1) is 15.5 Å². The third-order valence-electron chi connectivity index (χ3n) is 3.66. The molecule has 1 aliphatic heterocycles. The minimum Gasteiger partial charge on any atom is -0.393 e. The van der Waals surface area contributed by atoms with Gasteiger partial charge in [0.15, 0.2) is 0 Å². The van der Waals surface area contributed by atoms with Crippen LogP contribution in [-0.4, -0.2) is 28.8 Å². The first-order chi connectivity index (χ1) is 9.30. The third-order valence-corrected chi connectivity index (χ3v) is 3.66. The molecule has 1 aliphatic rings. The van der Waals surface area contributed by atoms with Crippen molar-refractivity contribution < 1.29 is 9.72 Å². The Morgan fingerprint density at radius 1 is 1.45 bits per heavy atom. The minimum atomic E-state index is -0.548. The number of hydrogen-bond donors (Lipinski definition) is 1. The number of nitro groups is 1. The van der Waals surface area contributed by atoms with Crippen molar-refractivity contribution in [2.75, 3.05) is 18.8 Å². The van der Waals surface area contributed by atoms with E-state index in [9.17, 15) is 14.9 Å². The topological polar surface area (TPSA) is 89.5 Å². The van der Waals surface area contributed by atoms with E-state index in [0.717, 1.165) is 19.4 Å². The van der Waals surface area contributed by atoms with Gasteiger partial charge in [0.1, 0.15) is 5.69 Å². The van der Waals surface area contributed by atoms with Crippen molar-refractivity contribution in [1.29, 1.82) is 0 Å². The number of carbonyl (C=O) groups is 1. The van der Waals surface area contributed by atoms with Crippen LogP contribution in [0.4, 0.5) is 11.4 Å². The number of piperidine rings is 1. The molecule has 2 rings (SSSR count). The zero-order valence-electron chi connectivity index (χ0n) is 11.8. The summed E-state index contributed by atoms with van der Waals surface area (Å²) >= 11 is 0. The normalized spacial score (nSPS) is 17.8. The van der Waals surface area contributed by atoms with Crippen molar-refractivity contribution in [2.24, 2.45) is 5.41 Å². The van der Waals surface area contributed by atoms with Crippen LogP contribution in [0.15, 0.2) is 18.2 Å². The highest BCUT2D eigenvalue weighted by atomic mass is 16.6. The van der Waals surface area contributed by atoms with E-state index in [-0.39, 0.29) is 22.7 Å². The Morgan fingerprint density at radius 3 is 2.70 bits per heavy atom. The number of hydrogen-bond acceptors (Lipinski definition) is 4. The third kappa shape index (κ3) is 2.89. The van der Waals surface area contributed by atoms with Gasteiger partial charge in [-0.3, -0.25) is 14.9 Å². The zero-order chi connectivity index (χ0) is 14.9. The average molecular weight is 277 g/mol. The summed E-state index contributed by atoms with van der Waals surface area (Å²) in [6, 6.07) is 4.15. The second kappa shape index (κ2) is 5.11. The van der Waals surface area contributed by atoms with Crippen LogP contribution >= 0.6 is 0 Å². The number of nitrogens with two attached hydrogens (primary N) is 1. The minimum absolute atomic E-state index is 0.0251. The maximum atomic E-state index is 12.4. The lowest BCUT2D eigenvalue weighted by molar-refractivity contribution is -0.383. The number of nitrogens with zero attached hydrogens (tertiary/aromatic N) is 2. The lowest BCUT2D eigenvalue weighted by Gasteiger charge is -2.38. The average Bonchev–Trinajstić information content (AvgIpc) is 2.36. The van der Waals surface area contributed by atoms with Crippen molar-refractivity contribution in [2.45, 2.75) is 26.7 Å². The van der Waals surface area contributed by atoms with Crippen molar-refractivity contribution >= 4 is 17.3 Å². The van der Waals surface area contributed by atoms with E-state index in [0.29, 0.717) is 12.1 Å². The Hall–Kier alpha value is -2.11. The summed E-state index contributed by atoms with van der Waals surface area (Å²) in [5.74, 6) is -0.112. The van der Waals surface area contributed by atoms with E-state index in [1.807, 2.05) is 0 Å². The van der Waals surface area contributed by atoms with Crippen molar-refractivity contribution in [3.8, 4) is 0 Å². The number of nitrogen functional groups attached to an aromatic ring is 1. The van der Waals surface area contributed by atoms with Crippen LogP contribution in [0.25, 0.3) is 0 Å². The predicted molar refractivity (Wildman–Crippen MR) is 76.4 cm³/mol. The standard InChI is InChI=1S/C14H19N3O3/c1-14(2)6-3-7-16(9-14)13(18)10-4-5-12(17(19)20)11(15)8-10/h4-5,8H,3,6-7,9,15H2,1-2H3. The Balaban J connectivity index is 2.21. The number of rotatable bonds is 2. The number of benzene rings is 1. The summed E-state index contributed by atoms with van der Waals surface area (Å²) in [5.41, 5.74) is 6.01. The number of likely N-dealkylation sites (tertiary alicyclic amines) is 1. The molecule has 0 saturated carbocycles. The van der Waals surface area contributed by atoms with Crippen molar-refractivity contribution in [3.63, 3.8) is 0 Å². The summed E-state index contributed by atoms with van der Waals surface area (Å²) in [6.07, 6.45) is 2.07. The Bertz CT molecular complexity index is 555. The molecule has 0 bridgehead atoms. The molecule has 0 aliphatic carbocycles. The second-order valence-corrected chi connectivity index (χ2v) is 6.03. The molecule has 1 fully saturated rings. The summed E-state index contributed by atoms with van der Waals surface area (Å²) in [5, 5.41) is 10.7. The fourth-order valence-electron chi connectivity index (χ4n) is 2.63. The molecule has 0 atom stereocenters. The monoisotopic (exact) mass is 277 g/mol. The van der Waals surface area contributed by atoms with E-state index >= 15 is 0 Å². The molecule has 1 aromatic rings. The number of nitro benzene ring substituents is 1. The Labute approximate surface area is 117 Å². The molecule has 6 heteroatoms. The second-order valence-electron chi connectivity index (χ2n) is 6.03. The first-order valence-corrected chi connectivity index (χ1v) is 6.63. The summed E-state index contributed by atoms with van der Waals surface area (Å²) < 4.78 is 0. The molecule has 0 spiro atoms. The molecule has 2 N–H and O–H groups in total. The fraction of sp³-hybridized carbons (Fsp3) is 0.500. The molecule has 1 heterocycles. The van der Waals surface area contributed by atoms with Gasteiger partial charge in [0.05, 0.1) is 4.92 Å². The van der Waals surface area contributed by atoms with Gasteiger partial charge in [0, 0.05) is 24.7 Å². The zero-order valence-corrected chi connectivity index (χ0v) is 11.8. The largest absolute Gasteiger partial charge is 0.393 e. The Kier molecular flexibility index (Phi) is 3.65. The molecule has 0 unspecified atom stereocenters. The molecule has 0 aromatic heterocycles. The number of anilines is 1. The van der Waals surface area contributed by atoms with Crippen LogP contribution in [-0.2, 0) is 0 Å². The summed E-state index contributed by atoms with van der Waals surface area (Å²) in [4.78, 5) is 24.4. The number of amides is 1. The molecule has 1 amide bonds. The van der Waals surface area contributed by atoms with E-state index < -0.39 is 4.92 Å². The van der Waals surface area contributed by atoms with E-state index in [2.05, 4.69) is 13.8 Å². The van der Waals surface area contributed by atoms with Crippen molar-refractivity contribution in [1.82, 2.24) is 4.90 Å². The first-order valence-electron chi connectivity index (χ1n) is 6.63. The van der Waals surface area contributed by atoms with Gasteiger partial charge in [0.25, 0.3) is 11.6 Å². The van der Waals surface area contributed by atoms with Crippen LogP contribution in [0.1, 0.15) is 37.0 Å². The summed E-state index contributed by atoms with van der Waals surface area (Å²) in [7, 11) is 0. The number of carbonyl (C=O) groups excluding carboxylic acids is 1. The van der Waals surface area contributed by atoms with Crippen LogP contribution < -0.4 is 5.73 Å². The van der Waals surface area contributed by atoms with Gasteiger partial charge in [-0.1, -0.05) is 13.8 Å². The smallest absolute Gasteiger partial charge is 0.292 e. The van der Waals surface area contributed by atoms with Crippen LogP contribution in [0.5, 0.6) is 0 Å². The van der Waals surface area contributed by atoms with Gasteiger partial charge in [-0.2, -0.15) is 0 Å². The van der Waals surface area contributed by atoms with Crippen LogP contribution in [0.2, 0.25) is 0 Å². The maximum Gasteiger partial charge on any atom is 0.292 e.